The predicted molar refractivity (Wildman–Crippen MR) is 132 cm³/mol. The third-order valence-corrected chi connectivity index (χ3v) is 5.34. The fourth-order valence-electron chi connectivity index (χ4n) is 3.50. The number of pyridine rings is 1. The molecule has 7 nitrogen and oxygen atoms in total. The van der Waals surface area contributed by atoms with Crippen molar-refractivity contribution >= 4 is 61.3 Å². The molecule has 0 atom stereocenters. The Morgan fingerprint density at radius 1 is 0.969 bits per heavy atom. The minimum absolute atomic E-state index is 0. The van der Waals surface area contributed by atoms with E-state index in [9.17, 15) is 8.42 Å². The monoisotopic (exact) mass is 473 g/mol. The van der Waals surface area contributed by atoms with E-state index in [0.717, 1.165) is 33.7 Å². The van der Waals surface area contributed by atoms with Crippen LogP contribution in [0.2, 0.25) is 0 Å². The van der Waals surface area contributed by atoms with Crippen molar-refractivity contribution in [2.24, 2.45) is 0 Å². The second-order valence-corrected chi connectivity index (χ2v) is 8.75. The number of nitrogens with one attached hydrogen (secondary N) is 2. The van der Waals surface area contributed by atoms with Gasteiger partial charge < -0.3 is 14.8 Å². The second-order valence-electron chi connectivity index (χ2n) is 7.00. The minimum Gasteiger partial charge on any atom is -0.494 e. The zero-order chi connectivity index (χ0) is 22.0. The number of nitrogens with zero attached hydrogens (tertiary/aromatic N) is 1. The maximum absolute atomic E-state index is 11.6. The zero-order valence-corrected chi connectivity index (χ0v) is 19.5. The summed E-state index contributed by atoms with van der Waals surface area (Å²) < 4.78 is 36.9. The maximum atomic E-state index is 11.6. The third kappa shape index (κ3) is 4.81. The zero-order valence-electron chi connectivity index (χ0n) is 17.9. The molecule has 3 aromatic carbocycles. The molecule has 9 heteroatoms. The Labute approximate surface area is 193 Å². The first-order valence-corrected chi connectivity index (χ1v) is 11.7. The Balaban J connectivity index is 0.00000289. The van der Waals surface area contributed by atoms with Gasteiger partial charge in [0.2, 0.25) is 10.0 Å². The van der Waals surface area contributed by atoms with Gasteiger partial charge >= 0.3 is 0 Å². The summed E-state index contributed by atoms with van der Waals surface area (Å²) in [7, 11) is -1.85. The van der Waals surface area contributed by atoms with E-state index in [4.69, 9.17) is 14.5 Å². The number of sulfonamides is 1. The van der Waals surface area contributed by atoms with Gasteiger partial charge in [-0.3, -0.25) is 4.72 Å². The lowest BCUT2D eigenvalue weighted by atomic mass is 10.1. The average Bonchev–Trinajstić information content (AvgIpc) is 2.74. The van der Waals surface area contributed by atoms with Crippen LogP contribution in [0.3, 0.4) is 0 Å². The lowest BCUT2D eigenvalue weighted by Crippen LogP contribution is -2.09. The predicted octanol–water partition coefficient (Wildman–Crippen LogP) is 5.33. The van der Waals surface area contributed by atoms with E-state index in [1.165, 1.54) is 0 Å². The second kappa shape index (κ2) is 9.50. The molecule has 0 unspecified atom stereocenters. The number of benzene rings is 3. The molecule has 0 spiro atoms. The number of methoxy groups -OCH3 is 1. The van der Waals surface area contributed by atoms with E-state index in [-0.39, 0.29) is 12.4 Å². The summed E-state index contributed by atoms with van der Waals surface area (Å²) in [6, 6.07) is 18.8. The lowest BCUT2D eigenvalue weighted by Gasteiger charge is -2.17. The van der Waals surface area contributed by atoms with Gasteiger partial charge in [-0.2, -0.15) is 0 Å². The van der Waals surface area contributed by atoms with Crippen LogP contribution in [0, 0.1) is 0 Å². The number of fused-ring (bicyclic) bond motifs is 2. The topological polar surface area (TPSA) is 89.6 Å². The molecular weight excluding hydrogens is 450 g/mol. The Bertz CT molecular complexity index is 1380. The number of rotatable bonds is 7. The van der Waals surface area contributed by atoms with Crippen LogP contribution in [-0.2, 0) is 10.0 Å². The highest BCUT2D eigenvalue weighted by Crippen LogP contribution is 2.39. The van der Waals surface area contributed by atoms with Crippen LogP contribution in [-0.4, -0.2) is 33.4 Å². The van der Waals surface area contributed by atoms with Gasteiger partial charge in [0.25, 0.3) is 0 Å². The Hall–Kier alpha value is -3.23. The van der Waals surface area contributed by atoms with Crippen LogP contribution >= 0.6 is 12.4 Å². The summed E-state index contributed by atoms with van der Waals surface area (Å²) in [5, 5.41) is 5.33. The number of ether oxygens (including phenoxy) is 2. The summed E-state index contributed by atoms with van der Waals surface area (Å²) in [6.07, 6.45) is 1.11. The van der Waals surface area contributed by atoms with E-state index < -0.39 is 10.0 Å². The smallest absolute Gasteiger partial charge is 0.229 e. The van der Waals surface area contributed by atoms with Crippen LogP contribution in [0.15, 0.2) is 60.7 Å². The molecule has 4 rings (SSSR count). The van der Waals surface area contributed by atoms with Crippen LogP contribution < -0.4 is 19.5 Å². The van der Waals surface area contributed by atoms with Gasteiger partial charge in [-0.05, 0) is 31.2 Å². The summed E-state index contributed by atoms with van der Waals surface area (Å²) in [5.74, 6) is 1.22. The number of hydrogen-bond acceptors (Lipinski definition) is 6. The number of para-hydroxylation sites is 2. The first kappa shape index (κ1) is 23.4. The number of aromatic nitrogens is 1. The summed E-state index contributed by atoms with van der Waals surface area (Å²) in [4.78, 5) is 4.82. The average molecular weight is 474 g/mol. The molecule has 0 amide bonds. The van der Waals surface area contributed by atoms with Crippen molar-refractivity contribution in [3.05, 3.63) is 60.7 Å². The molecule has 32 heavy (non-hydrogen) atoms. The Morgan fingerprint density at radius 3 is 2.44 bits per heavy atom. The van der Waals surface area contributed by atoms with Gasteiger partial charge in [0.05, 0.1) is 42.6 Å². The van der Waals surface area contributed by atoms with Crippen molar-refractivity contribution in [1.82, 2.24) is 4.98 Å². The quantitative estimate of drug-likeness (QED) is 0.352. The van der Waals surface area contributed by atoms with Crippen LogP contribution in [0.25, 0.3) is 21.8 Å². The summed E-state index contributed by atoms with van der Waals surface area (Å²) in [6.45, 7) is 2.48. The minimum atomic E-state index is -3.39. The molecular formula is C23H24ClN3O4S. The molecule has 0 aliphatic heterocycles. The third-order valence-electron chi connectivity index (χ3n) is 4.74. The number of anilines is 3. The van der Waals surface area contributed by atoms with Crippen LogP contribution in [0.4, 0.5) is 17.1 Å². The van der Waals surface area contributed by atoms with Gasteiger partial charge in [0, 0.05) is 16.8 Å². The highest BCUT2D eigenvalue weighted by atomic mass is 35.5. The highest BCUT2D eigenvalue weighted by Gasteiger charge is 2.15. The number of hydrogen-bond donors (Lipinski definition) is 2. The molecule has 0 saturated carbocycles. The standard InChI is InChI=1S/C23H23N3O4S.ClH/c1-4-30-20-11-7-9-17-22(16-8-5-6-10-18(16)24-23(17)20)25-19-13-12-15(14-21(19)29-2)26-31(3,27)28;/h5-14,26H,4H2,1-3H3,(H,24,25);1H. The van der Waals surface area contributed by atoms with Gasteiger partial charge in [0.1, 0.15) is 17.0 Å². The van der Waals surface area contributed by atoms with Gasteiger partial charge in [-0.25, -0.2) is 13.4 Å². The highest BCUT2D eigenvalue weighted by molar-refractivity contribution is 7.92. The molecule has 0 aliphatic rings. The van der Waals surface area contributed by atoms with E-state index in [1.54, 1.807) is 25.3 Å². The SMILES string of the molecule is CCOc1cccc2c(Nc3ccc(NS(C)(=O)=O)cc3OC)c3ccccc3nc12.Cl. The molecule has 0 fully saturated rings. The van der Waals surface area contributed by atoms with Crippen molar-refractivity contribution in [1.29, 1.82) is 0 Å². The molecule has 0 aliphatic carbocycles. The Kier molecular flexibility index (Phi) is 6.96. The van der Waals surface area contributed by atoms with Crippen LogP contribution in [0.1, 0.15) is 6.92 Å². The first-order valence-electron chi connectivity index (χ1n) is 9.76. The van der Waals surface area contributed by atoms with Crippen molar-refractivity contribution < 1.29 is 17.9 Å². The van der Waals surface area contributed by atoms with Gasteiger partial charge in [-0.15, -0.1) is 12.4 Å². The first-order chi connectivity index (χ1) is 14.9. The molecule has 0 bridgehead atoms. The van der Waals surface area contributed by atoms with Crippen molar-refractivity contribution in [3.63, 3.8) is 0 Å². The lowest BCUT2D eigenvalue weighted by molar-refractivity contribution is 0.343. The van der Waals surface area contributed by atoms with E-state index in [0.29, 0.717) is 29.5 Å². The normalized spacial score (nSPS) is 11.1. The van der Waals surface area contributed by atoms with Crippen LogP contribution in [0.5, 0.6) is 11.5 Å². The summed E-state index contributed by atoms with van der Waals surface area (Å²) in [5.41, 5.74) is 3.58. The molecule has 168 valence electrons. The Morgan fingerprint density at radius 2 is 1.72 bits per heavy atom. The molecule has 2 N–H and O–H groups in total. The largest absolute Gasteiger partial charge is 0.494 e. The maximum Gasteiger partial charge on any atom is 0.229 e. The van der Waals surface area contributed by atoms with E-state index >= 15 is 0 Å². The molecule has 0 saturated heterocycles. The van der Waals surface area contributed by atoms with Crippen molar-refractivity contribution in [2.75, 3.05) is 30.0 Å². The molecule has 1 heterocycles. The van der Waals surface area contributed by atoms with E-state index in [2.05, 4.69) is 10.0 Å². The van der Waals surface area contributed by atoms with E-state index in [1.807, 2.05) is 49.4 Å². The molecule has 4 aromatic rings. The van der Waals surface area contributed by atoms with Crippen molar-refractivity contribution in [2.45, 2.75) is 6.92 Å². The van der Waals surface area contributed by atoms with Gasteiger partial charge in [0.15, 0.2) is 0 Å². The molecule has 1 aromatic heterocycles. The number of halogens is 1. The fraction of sp³-hybridized carbons (Fsp3) is 0.174. The summed E-state index contributed by atoms with van der Waals surface area (Å²) >= 11 is 0. The van der Waals surface area contributed by atoms with Gasteiger partial charge in [-0.1, -0.05) is 30.3 Å². The fourth-order valence-corrected chi connectivity index (χ4v) is 4.06. The molecule has 0 radical (unpaired) electrons. The van der Waals surface area contributed by atoms with Crippen molar-refractivity contribution in [3.8, 4) is 11.5 Å².